The van der Waals surface area contributed by atoms with Gasteiger partial charge in [0.1, 0.15) is 0 Å². The molecule has 1 aliphatic rings. The molecule has 0 saturated carbocycles. The van der Waals surface area contributed by atoms with Crippen molar-refractivity contribution in [3.05, 3.63) is 0 Å². The molecule has 16 heavy (non-hydrogen) atoms. The first-order valence-electron chi connectivity index (χ1n) is 6.12. The highest BCUT2D eigenvalue weighted by Crippen LogP contribution is 2.15. The van der Waals surface area contributed by atoms with Crippen molar-refractivity contribution in [1.82, 2.24) is 9.80 Å². The second kappa shape index (κ2) is 5.64. The topological polar surface area (TPSA) is 49.6 Å². The highest BCUT2D eigenvalue weighted by atomic mass is 16.2. The van der Waals surface area contributed by atoms with Crippen LogP contribution in [0.5, 0.6) is 0 Å². The summed E-state index contributed by atoms with van der Waals surface area (Å²) in [4.78, 5) is 16.1. The van der Waals surface area contributed by atoms with E-state index >= 15 is 0 Å². The van der Waals surface area contributed by atoms with Gasteiger partial charge in [0.25, 0.3) is 0 Å². The van der Waals surface area contributed by atoms with Crippen LogP contribution in [0.3, 0.4) is 0 Å². The number of likely N-dealkylation sites (tertiary alicyclic amines) is 1. The van der Waals surface area contributed by atoms with E-state index in [1.165, 1.54) is 0 Å². The summed E-state index contributed by atoms with van der Waals surface area (Å²) in [5.41, 5.74) is 5.91. The highest BCUT2D eigenvalue weighted by molar-refractivity contribution is 5.81. The van der Waals surface area contributed by atoms with E-state index in [2.05, 4.69) is 32.8 Å². The first kappa shape index (κ1) is 13.5. The monoisotopic (exact) mass is 227 g/mol. The molecule has 1 unspecified atom stereocenters. The van der Waals surface area contributed by atoms with Crippen LogP contribution in [0.25, 0.3) is 0 Å². The van der Waals surface area contributed by atoms with Gasteiger partial charge in [0.05, 0.1) is 6.04 Å². The number of amides is 1. The predicted molar refractivity (Wildman–Crippen MR) is 66.1 cm³/mol. The molecular weight excluding hydrogens is 202 g/mol. The summed E-state index contributed by atoms with van der Waals surface area (Å²) in [6, 6.07) is 0.177. The van der Waals surface area contributed by atoms with Gasteiger partial charge in [-0.1, -0.05) is 13.8 Å². The lowest BCUT2D eigenvalue weighted by Crippen LogP contribution is -2.44. The fraction of sp³-hybridized carbons (Fsp3) is 0.917. The largest absolute Gasteiger partial charge is 0.340 e. The van der Waals surface area contributed by atoms with E-state index in [0.717, 1.165) is 25.9 Å². The molecule has 2 N–H and O–H groups in total. The highest BCUT2D eigenvalue weighted by Gasteiger charge is 2.30. The van der Waals surface area contributed by atoms with Crippen molar-refractivity contribution in [3.63, 3.8) is 0 Å². The number of carbonyl (C=O) groups is 1. The van der Waals surface area contributed by atoms with Gasteiger partial charge >= 0.3 is 0 Å². The van der Waals surface area contributed by atoms with Gasteiger partial charge in [-0.05, 0) is 32.9 Å². The quantitative estimate of drug-likeness (QED) is 0.762. The average molecular weight is 227 g/mol. The fourth-order valence-corrected chi connectivity index (χ4v) is 2.21. The molecule has 0 spiro atoms. The zero-order valence-electron chi connectivity index (χ0n) is 10.9. The van der Waals surface area contributed by atoms with Crippen molar-refractivity contribution in [2.24, 2.45) is 11.7 Å². The van der Waals surface area contributed by atoms with Crippen LogP contribution in [0.1, 0.15) is 26.7 Å². The van der Waals surface area contributed by atoms with Gasteiger partial charge in [-0.3, -0.25) is 4.79 Å². The minimum atomic E-state index is -0.319. The maximum absolute atomic E-state index is 12.0. The standard InChI is InChI=1S/C12H25N3O/c1-9(2)7-11(13)12(16)15-6-5-10(8-15)14(3)4/h9-11H,5-8,13H2,1-4H3/t10?,11-/m0/s1. The SMILES string of the molecule is CC(C)C[C@H](N)C(=O)N1CCC(N(C)C)C1. The molecule has 4 heteroatoms. The minimum absolute atomic E-state index is 0.123. The second-order valence-electron chi connectivity index (χ2n) is 5.43. The third kappa shape index (κ3) is 3.46. The van der Waals surface area contributed by atoms with E-state index in [0.29, 0.717) is 12.0 Å². The molecule has 0 aliphatic carbocycles. The first-order chi connectivity index (χ1) is 7.41. The van der Waals surface area contributed by atoms with E-state index < -0.39 is 0 Å². The molecule has 0 bridgehead atoms. The molecule has 94 valence electrons. The normalized spacial score (nSPS) is 23.2. The molecule has 2 atom stereocenters. The number of hydrogen-bond acceptors (Lipinski definition) is 3. The molecule has 1 fully saturated rings. The number of nitrogens with two attached hydrogens (primary N) is 1. The van der Waals surface area contributed by atoms with Crippen molar-refractivity contribution in [1.29, 1.82) is 0 Å². The van der Waals surface area contributed by atoms with Crippen LogP contribution in [0.15, 0.2) is 0 Å². The Kier molecular flexibility index (Phi) is 4.74. The van der Waals surface area contributed by atoms with Crippen LogP contribution in [-0.2, 0) is 4.79 Å². The zero-order valence-corrected chi connectivity index (χ0v) is 10.9. The molecule has 0 radical (unpaired) electrons. The van der Waals surface area contributed by atoms with E-state index in [-0.39, 0.29) is 11.9 Å². The zero-order chi connectivity index (χ0) is 12.3. The van der Waals surface area contributed by atoms with Crippen molar-refractivity contribution < 1.29 is 4.79 Å². The van der Waals surface area contributed by atoms with Gasteiger partial charge in [0.2, 0.25) is 5.91 Å². The summed E-state index contributed by atoms with van der Waals surface area (Å²) in [5.74, 6) is 0.601. The minimum Gasteiger partial charge on any atom is -0.340 e. The molecular formula is C12H25N3O. The maximum atomic E-state index is 12.0. The molecule has 1 heterocycles. The number of hydrogen-bond donors (Lipinski definition) is 1. The van der Waals surface area contributed by atoms with Crippen LogP contribution in [0.2, 0.25) is 0 Å². The molecule has 1 saturated heterocycles. The Morgan fingerprint density at radius 3 is 2.56 bits per heavy atom. The molecule has 0 aromatic carbocycles. The predicted octanol–water partition coefficient (Wildman–Crippen LogP) is 0.522. The summed E-state index contributed by atoms with van der Waals surface area (Å²) in [6.07, 6.45) is 1.84. The van der Waals surface area contributed by atoms with Gasteiger partial charge in [0, 0.05) is 19.1 Å². The third-order valence-electron chi connectivity index (χ3n) is 3.25. The first-order valence-corrected chi connectivity index (χ1v) is 6.12. The molecule has 0 aromatic rings. The van der Waals surface area contributed by atoms with Gasteiger partial charge in [-0.25, -0.2) is 0 Å². The number of rotatable bonds is 4. The molecule has 0 aromatic heterocycles. The Morgan fingerprint density at radius 2 is 2.12 bits per heavy atom. The molecule has 1 amide bonds. The average Bonchev–Trinajstić information content (AvgIpc) is 2.64. The number of carbonyl (C=O) groups excluding carboxylic acids is 1. The molecule has 1 rings (SSSR count). The van der Waals surface area contributed by atoms with Gasteiger partial charge < -0.3 is 15.5 Å². The molecule has 4 nitrogen and oxygen atoms in total. The lowest BCUT2D eigenvalue weighted by atomic mass is 10.0. The van der Waals surface area contributed by atoms with Gasteiger partial charge in [-0.2, -0.15) is 0 Å². The Labute approximate surface area is 98.8 Å². The van der Waals surface area contributed by atoms with Crippen molar-refractivity contribution in [3.8, 4) is 0 Å². The Morgan fingerprint density at radius 1 is 1.50 bits per heavy atom. The lowest BCUT2D eigenvalue weighted by Gasteiger charge is -2.23. The smallest absolute Gasteiger partial charge is 0.239 e. The summed E-state index contributed by atoms with van der Waals surface area (Å²) in [5, 5.41) is 0. The van der Waals surface area contributed by atoms with Crippen molar-refractivity contribution >= 4 is 5.91 Å². The fourth-order valence-electron chi connectivity index (χ4n) is 2.21. The van der Waals surface area contributed by atoms with E-state index in [4.69, 9.17) is 5.73 Å². The summed E-state index contributed by atoms with van der Waals surface area (Å²) in [7, 11) is 4.12. The van der Waals surface area contributed by atoms with Crippen LogP contribution >= 0.6 is 0 Å². The lowest BCUT2D eigenvalue weighted by molar-refractivity contribution is -0.132. The van der Waals surface area contributed by atoms with Crippen LogP contribution in [-0.4, -0.2) is 55.0 Å². The van der Waals surface area contributed by atoms with E-state index in [1.54, 1.807) is 0 Å². The van der Waals surface area contributed by atoms with Gasteiger partial charge in [0.15, 0.2) is 0 Å². The summed E-state index contributed by atoms with van der Waals surface area (Å²) >= 11 is 0. The number of likely N-dealkylation sites (N-methyl/N-ethyl adjacent to an activating group) is 1. The van der Waals surface area contributed by atoms with Crippen LogP contribution in [0.4, 0.5) is 0 Å². The Bertz CT molecular complexity index is 240. The number of nitrogens with zero attached hydrogens (tertiary/aromatic N) is 2. The van der Waals surface area contributed by atoms with Crippen molar-refractivity contribution in [2.75, 3.05) is 27.2 Å². The van der Waals surface area contributed by atoms with Crippen molar-refractivity contribution in [2.45, 2.75) is 38.8 Å². The van der Waals surface area contributed by atoms with Crippen LogP contribution in [0, 0.1) is 5.92 Å². The molecule has 1 aliphatic heterocycles. The summed E-state index contributed by atoms with van der Waals surface area (Å²) < 4.78 is 0. The van der Waals surface area contributed by atoms with E-state index in [9.17, 15) is 4.79 Å². The van der Waals surface area contributed by atoms with Crippen LogP contribution < -0.4 is 5.73 Å². The Hall–Kier alpha value is -0.610. The van der Waals surface area contributed by atoms with E-state index in [1.807, 2.05) is 4.90 Å². The second-order valence-corrected chi connectivity index (χ2v) is 5.43. The Balaban J connectivity index is 2.44. The summed E-state index contributed by atoms with van der Waals surface area (Å²) in [6.45, 7) is 5.88. The third-order valence-corrected chi connectivity index (χ3v) is 3.25. The van der Waals surface area contributed by atoms with Gasteiger partial charge in [-0.15, -0.1) is 0 Å². The maximum Gasteiger partial charge on any atom is 0.239 e.